The van der Waals surface area contributed by atoms with Crippen LogP contribution >= 0.6 is 0 Å². The summed E-state index contributed by atoms with van der Waals surface area (Å²) in [7, 11) is 0. The second-order valence-electron chi connectivity index (χ2n) is 40.5. The number of piperidine rings is 1. The van der Waals surface area contributed by atoms with Gasteiger partial charge >= 0.3 is 6.09 Å². The highest BCUT2D eigenvalue weighted by Crippen LogP contribution is 2.35. The van der Waals surface area contributed by atoms with E-state index in [9.17, 15) is 19.8 Å². The van der Waals surface area contributed by atoms with Crippen LogP contribution in [0.2, 0.25) is 0 Å². The van der Waals surface area contributed by atoms with E-state index < -0.39 is 16.8 Å². The Morgan fingerprint density at radius 3 is 0.920 bits per heavy atom. The summed E-state index contributed by atoms with van der Waals surface area (Å²) in [5.74, 6) is 0. The van der Waals surface area contributed by atoms with Gasteiger partial charge in [0.15, 0.2) is 34.5 Å². The largest absolute Gasteiger partial charge is 0.444 e. The van der Waals surface area contributed by atoms with Crippen molar-refractivity contribution in [3.63, 3.8) is 0 Å². The van der Waals surface area contributed by atoms with E-state index in [4.69, 9.17) is 55.7 Å². The number of hydrogen-bond acceptors (Lipinski definition) is 24. The van der Waals surface area contributed by atoms with Crippen molar-refractivity contribution in [2.45, 2.75) is 277 Å². The number of carbonyl (C=O) groups is 2. The lowest BCUT2D eigenvalue weighted by molar-refractivity contribution is -0.0320. The SMILES string of the molecule is CCc1cn(-c2ccc(Cc3c(CC)nn4c(C)cc(C)nc34)cc2)nn1.CCc1nn2c(C)cc(C)nc2c1Cc1ccc(-n2cc(C=O)nn2)cc1.CCc1nn2c(C)cc(C)nc2c1Cc1ccc(-n2cc(CC3(O)CCCCC3)nn2)cc1.CCc1nn2c(C)cc(C)nc2c1Cc1ccc(-n2cc(CC3(O)CCN(C(=O)OC(C)(C)C)CC3)nn2)cc1.CCc1nn2c(C)cc(C)nc2c1Cc1ccc(N=[N+]=[N-])cc1. The lowest BCUT2D eigenvalue weighted by atomic mass is 9.82. The summed E-state index contributed by atoms with van der Waals surface area (Å²) in [5.41, 5.74) is 46.1. The Kier molecular flexibility index (Phi) is 32.1. The van der Waals surface area contributed by atoms with Crippen LogP contribution in [0.3, 0.4) is 0 Å². The molecule has 2 aliphatic rings. The van der Waals surface area contributed by atoms with Gasteiger partial charge in [-0.2, -0.15) is 25.5 Å². The number of azide groups is 1. The number of amides is 1. The first-order valence-corrected chi connectivity index (χ1v) is 52.0. The van der Waals surface area contributed by atoms with Crippen LogP contribution in [0.25, 0.3) is 61.4 Å². The molecule has 0 atom stereocenters. The van der Waals surface area contributed by atoms with Crippen molar-refractivity contribution in [2.24, 2.45) is 5.11 Å². The van der Waals surface area contributed by atoms with Gasteiger partial charge in [0.2, 0.25) is 0 Å². The highest BCUT2D eigenvalue weighted by Gasteiger charge is 2.37. The van der Waals surface area contributed by atoms with Gasteiger partial charge < -0.3 is 19.8 Å². The highest BCUT2D eigenvalue weighted by atomic mass is 16.6. The molecule has 2 fully saturated rings. The number of nitrogens with zero attached hydrogens (tertiary/aromatic N) is 31. The molecule has 1 saturated heterocycles. The molecule has 0 unspecified atom stereocenters. The number of likely N-dealkylation sites (tertiary alicyclic amines) is 1. The van der Waals surface area contributed by atoms with E-state index in [0.29, 0.717) is 62.1 Å². The van der Waals surface area contributed by atoms with Crippen LogP contribution in [0.5, 0.6) is 0 Å². The molecule has 1 saturated carbocycles. The number of aliphatic hydroxyl groups is 2. The minimum Gasteiger partial charge on any atom is -0.444 e. The van der Waals surface area contributed by atoms with Crippen molar-refractivity contribution in [2.75, 3.05) is 13.1 Å². The van der Waals surface area contributed by atoms with E-state index in [1.807, 2.05) is 169 Å². The average Bonchev–Trinajstić information content (AvgIpc) is 1.64. The zero-order valence-corrected chi connectivity index (χ0v) is 89.4. The van der Waals surface area contributed by atoms with Crippen molar-refractivity contribution < 1.29 is 24.5 Å². The molecule has 774 valence electrons. The molecule has 15 heterocycles. The fraction of sp³-hybridized carbons (Fsp3) is 0.386. The van der Waals surface area contributed by atoms with Gasteiger partial charge in [0.05, 0.1) is 104 Å². The Morgan fingerprint density at radius 1 is 0.380 bits per heavy atom. The number of aldehydes is 1. The first-order chi connectivity index (χ1) is 72.2. The Bertz CT molecular complexity index is 8060. The third-order valence-corrected chi connectivity index (χ3v) is 27.6. The smallest absolute Gasteiger partial charge is 0.410 e. The van der Waals surface area contributed by atoms with E-state index in [1.165, 1.54) is 45.4 Å². The predicted molar refractivity (Wildman–Crippen MR) is 576 cm³/mol. The van der Waals surface area contributed by atoms with Crippen molar-refractivity contribution >= 4 is 46.3 Å². The van der Waals surface area contributed by atoms with E-state index in [0.717, 1.165) is 261 Å². The van der Waals surface area contributed by atoms with Gasteiger partial charge in [-0.15, -0.1) is 20.4 Å². The molecular formula is C114H133N31O5. The van der Waals surface area contributed by atoms with E-state index in [2.05, 4.69) is 216 Å². The summed E-state index contributed by atoms with van der Waals surface area (Å²) in [6, 6.07) is 51.1. The number of carbonyl (C=O) groups excluding carboxylic acids is 2. The van der Waals surface area contributed by atoms with Gasteiger partial charge in [0, 0.05) is 153 Å². The minimum atomic E-state index is -0.931. The predicted octanol–water partition coefficient (Wildman–Crippen LogP) is 19.7. The maximum atomic E-state index is 12.4. The molecule has 2 N–H and O–H groups in total. The zero-order chi connectivity index (χ0) is 106. The van der Waals surface area contributed by atoms with E-state index >= 15 is 0 Å². The van der Waals surface area contributed by atoms with Gasteiger partial charge in [0.1, 0.15) is 11.3 Å². The highest BCUT2D eigenvalue weighted by molar-refractivity contribution is 5.71. The minimum absolute atomic E-state index is 0.315. The van der Waals surface area contributed by atoms with E-state index in [-0.39, 0.29) is 6.09 Å². The van der Waals surface area contributed by atoms with Crippen LogP contribution in [0, 0.1) is 69.2 Å². The summed E-state index contributed by atoms with van der Waals surface area (Å²) in [4.78, 5) is 51.3. The Labute approximate surface area is 872 Å². The average molecular weight is 2020 g/mol. The van der Waals surface area contributed by atoms with Gasteiger partial charge in [-0.05, 0) is 266 Å². The molecule has 36 nitrogen and oxygen atoms in total. The van der Waals surface area contributed by atoms with Crippen LogP contribution in [0.1, 0.15) is 276 Å². The van der Waals surface area contributed by atoms with E-state index in [1.54, 1.807) is 25.1 Å². The lowest BCUT2D eigenvalue weighted by Crippen LogP contribution is -2.49. The van der Waals surface area contributed by atoms with Crippen LogP contribution in [0.15, 0.2) is 182 Å². The monoisotopic (exact) mass is 2020 g/mol. The van der Waals surface area contributed by atoms with Gasteiger partial charge in [-0.3, -0.25) is 4.79 Å². The molecule has 1 aliphatic heterocycles. The zero-order valence-electron chi connectivity index (χ0n) is 89.4. The number of aromatic nitrogens is 27. The molecule has 21 rings (SSSR count). The molecule has 0 radical (unpaired) electrons. The third-order valence-electron chi connectivity index (χ3n) is 27.6. The molecule has 36 heteroatoms. The maximum Gasteiger partial charge on any atom is 0.410 e. The fourth-order valence-corrected chi connectivity index (χ4v) is 19.9. The summed E-state index contributed by atoms with van der Waals surface area (Å²) in [6.45, 7) is 39.6. The molecule has 14 aromatic heterocycles. The van der Waals surface area contributed by atoms with Crippen LogP contribution < -0.4 is 0 Å². The van der Waals surface area contributed by atoms with Crippen LogP contribution in [0.4, 0.5) is 10.5 Å². The van der Waals surface area contributed by atoms with Crippen LogP contribution in [-0.2, 0) is 88.2 Å². The number of rotatable bonds is 26. The topological polar surface area (TPSA) is 410 Å². The van der Waals surface area contributed by atoms with Gasteiger partial charge in [0.25, 0.3) is 0 Å². The summed E-state index contributed by atoms with van der Waals surface area (Å²) in [6.07, 6.45) is 23.9. The van der Waals surface area contributed by atoms with Crippen molar-refractivity contribution in [3.05, 3.63) is 351 Å². The van der Waals surface area contributed by atoms with Crippen LogP contribution in [-0.4, -0.2) is 190 Å². The molecule has 0 bridgehead atoms. The number of benzene rings is 5. The Hall–Kier alpha value is -16.1. The molecule has 19 aromatic rings. The second-order valence-corrected chi connectivity index (χ2v) is 40.5. The third kappa shape index (κ3) is 24.5. The Morgan fingerprint density at radius 2 is 0.653 bits per heavy atom. The Balaban J connectivity index is 0.000000129. The fourth-order valence-electron chi connectivity index (χ4n) is 19.9. The second kappa shape index (κ2) is 45.7. The van der Waals surface area contributed by atoms with Gasteiger partial charge in [-0.25, -0.2) is 71.0 Å². The summed E-state index contributed by atoms with van der Waals surface area (Å²) >= 11 is 0. The lowest BCUT2D eigenvalue weighted by Gasteiger charge is -2.38. The van der Waals surface area contributed by atoms with Crippen molar-refractivity contribution in [3.8, 4) is 22.7 Å². The molecule has 1 aliphatic carbocycles. The molecule has 5 aromatic carbocycles. The molecule has 1 amide bonds. The number of aryl methyl sites for hydroxylation is 16. The normalized spacial score (nSPS) is 13.4. The van der Waals surface area contributed by atoms with Crippen molar-refractivity contribution in [1.82, 2.24) is 138 Å². The number of hydrogen-bond donors (Lipinski definition) is 2. The quantitative estimate of drug-likeness (QED) is 0.0220. The van der Waals surface area contributed by atoms with Gasteiger partial charge in [-0.1, -0.05) is 160 Å². The maximum absolute atomic E-state index is 12.4. The molecule has 0 spiro atoms. The first-order valence-electron chi connectivity index (χ1n) is 52.0. The summed E-state index contributed by atoms with van der Waals surface area (Å²) < 4.78 is 22.2. The first kappa shape index (κ1) is 105. The molecule has 150 heavy (non-hydrogen) atoms. The van der Waals surface area contributed by atoms with Crippen molar-refractivity contribution in [1.29, 1.82) is 0 Å². The number of fused-ring (bicyclic) bond motifs is 5. The number of ether oxygens (including phenoxy) is 1. The summed E-state index contributed by atoms with van der Waals surface area (Å²) in [5, 5.41) is 82.8. The standard InChI is InChI=1S/C30H39N7O3.C26H32N6O.C21H24N6.C20H20N6O.C17H18N6/c1-7-26-25(27-31-20(2)16-21(3)37(27)33-26)17-22-8-10-24(11-9-22)36-19-23(32-34-36)18-30(39)12-14-35(15-13-30)28(38)40-29(4,5)6;1-4-24-23(25-27-18(2)14-19(3)32(25)29-24)15-20-8-10-22(11-9-20)31-17-21(28-30-31)16-26(33)12-6-5-7-13-26;1-5-17-13-26(25-23-17)18-9-7-16(8-10-18)12-19-20(6-2)24-27-15(4)11-14(3)22-21(19)27;1-4-19-18(20-21-13(2)9-14(3)26(20)23-19)10-15-5-7-17(8-6-15)25-11-16(12-27)22-24-25;1-4-16-15(10-13-5-7-14(8-6-13)20-22-18)17-19-11(2)9-12(3)23(17)21-16/h8-11,16,19,39H,7,12-15,17-18H2,1-6H3;8-11,14,17,33H,4-7,12-13,15-16H2,1-3H3;7-11,13H,5-6,12H2,1-4H3;5-9,11-12H,4,10H2,1-3H3;5-9H,4,10H2,1-3H3. The molecular weight excluding hydrogens is 1880 g/mol.